The molecular formula is C10H8N2O2. The fourth-order valence-electron chi connectivity index (χ4n) is 1.34. The number of aromatic carboxylic acids is 1. The van der Waals surface area contributed by atoms with Crippen molar-refractivity contribution in [1.82, 2.24) is 9.97 Å². The van der Waals surface area contributed by atoms with Crippen molar-refractivity contribution in [3.63, 3.8) is 0 Å². The van der Waals surface area contributed by atoms with Gasteiger partial charge in [0.1, 0.15) is 0 Å². The van der Waals surface area contributed by atoms with Gasteiger partial charge in [-0.3, -0.25) is 4.98 Å². The van der Waals surface area contributed by atoms with Crippen LogP contribution in [0.25, 0.3) is 10.9 Å². The van der Waals surface area contributed by atoms with Crippen molar-refractivity contribution in [3.05, 3.63) is 35.8 Å². The highest BCUT2D eigenvalue weighted by molar-refractivity contribution is 5.91. The molecule has 0 aliphatic rings. The molecule has 0 aliphatic carbocycles. The molecular weight excluding hydrogens is 180 g/mol. The first-order valence-corrected chi connectivity index (χ1v) is 4.13. The van der Waals surface area contributed by atoms with Crippen LogP contribution in [-0.2, 0) is 0 Å². The first-order valence-electron chi connectivity index (χ1n) is 4.13. The molecule has 14 heavy (non-hydrogen) atoms. The number of carboxylic acids is 1. The fourth-order valence-corrected chi connectivity index (χ4v) is 1.34. The average Bonchev–Trinajstić information content (AvgIpc) is 2.16. The third-order valence-electron chi connectivity index (χ3n) is 2.01. The average molecular weight is 188 g/mol. The molecule has 2 heterocycles. The second kappa shape index (κ2) is 3.06. The number of carboxylic acid groups (broad SMARTS) is 1. The van der Waals surface area contributed by atoms with Crippen LogP contribution >= 0.6 is 0 Å². The van der Waals surface area contributed by atoms with E-state index in [9.17, 15) is 4.79 Å². The largest absolute Gasteiger partial charge is 0.477 e. The first kappa shape index (κ1) is 8.62. The molecule has 0 fully saturated rings. The van der Waals surface area contributed by atoms with E-state index >= 15 is 0 Å². The summed E-state index contributed by atoms with van der Waals surface area (Å²) < 4.78 is 0. The molecule has 0 aliphatic heterocycles. The summed E-state index contributed by atoms with van der Waals surface area (Å²) in [6.45, 7) is 1.73. The molecule has 0 atom stereocenters. The summed E-state index contributed by atoms with van der Waals surface area (Å²) in [6.07, 6.45) is 3.26. The topological polar surface area (TPSA) is 63.1 Å². The Labute approximate surface area is 80.2 Å². The zero-order valence-corrected chi connectivity index (χ0v) is 7.56. The minimum Gasteiger partial charge on any atom is -0.477 e. The normalized spacial score (nSPS) is 10.4. The second-order valence-corrected chi connectivity index (χ2v) is 3.03. The van der Waals surface area contributed by atoms with Gasteiger partial charge in [-0.25, -0.2) is 9.78 Å². The van der Waals surface area contributed by atoms with Crippen molar-refractivity contribution in [1.29, 1.82) is 0 Å². The van der Waals surface area contributed by atoms with Crippen LogP contribution in [0, 0.1) is 6.92 Å². The van der Waals surface area contributed by atoms with E-state index in [0.717, 1.165) is 5.39 Å². The van der Waals surface area contributed by atoms with E-state index < -0.39 is 5.97 Å². The molecule has 4 nitrogen and oxygen atoms in total. The third-order valence-corrected chi connectivity index (χ3v) is 2.01. The van der Waals surface area contributed by atoms with Gasteiger partial charge in [-0.1, -0.05) is 0 Å². The molecule has 0 unspecified atom stereocenters. The van der Waals surface area contributed by atoms with E-state index in [1.54, 1.807) is 31.5 Å². The number of nitrogens with zero attached hydrogens (tertiary/aromatic N) is 2. The van der Waals surface area contributed by atoms with Crippen LogP contribution < -0.4 is 0 Å². The van der Waals surface area contributed by atoms with E-state index in [1.165, 1.54) is 0 Å². The van der Waals surface area contributed by atoms with E-state index in [4.69, 9.17) is 5.11 Å². The van der Waals surface area contributed by atoms with Gasteiger partial charge in [0.05, 0.1) is 5.52 Å². The summed E-state index contributed by atoms with van der Waals surface area (Å²) in [7, 11) is 0. The van der Waals surface area contributed by atoms with Gasteiger partial charge in [0.2, 0.25) is 0 Å². The van der Waals surface area contributed by atoms with Crippen molar-refractivity contribution in [2.24, 2.45) is 0 Å². The highest BCUT2D eigenvalue weighted by Crippen LogP contribution is 2.14. The molecule has 70 valence electrons. The van der Waals surface area contributed by atoms with Crippen LogP contribution in [0.3, 0.4) is 0 Å². The molecule has 0 bridgehead atoms. The molecule has 2 aromatic rings. The van der Waals surface area contributed by atoms with Crippen LogP contribution in [0.1, 0.15) is 16.1 Å². The minimum atomic E-state index is -0.999. The lowest BCUT2D eigenvalue weighted by atomic mass is 10.1. The maximum Gasteiger partial charge on any atom is 0.354 e. The standard InChI is InChI=1S/C10H8N2O2/c1-6-4-7-5-11-3-2-8(7)12-9(6)10(13)14/h2-5H,1H3,(H,13,14). The Morgan fingerprint density at radius 2 is 2.29 bits per heavy atom. The Kier molecular flexibility index (Phi) is 1.89. The van der Waals surface area contributed by atoms with Crippen LogP contribution in [0.15, 0.2) is 24.5 Å². The maximum atomic E-state index is 10.8. The van der Waals surface area contributed by atoms with E-state index in [2.05, 4.69) is 9.97 Å². The molecule has 0 radical (unpaired) electrons. The minimum absolute atomic E-state index is 0.101. The molecule has 4 heteroatoms. The van der Waals surface area contributed by atoms with Gasteiger partial charge in [-0.05, 0) is 24.6 Å². The smallest absolute Gasteiger partial charge is 0.354 e. The van der Waals surface area contributed by atoms with Crippen LogP contribution in [0.5, 0.6) is 0 Å². The number of fused-ring (bicyclic) bond motifs is 1. The molecule has 2 rings (SSSR count). The maximum absolute atomic E-state index is 10.8. The molecule has 0 spiro atoms. The first-order chi connectivity index (χ1) is 6.68. The molecule has 1 N–H and O–H groups in total. The number of aryl methyl sites for hydroxylation is 1. The lowest BCUT2D eigenvalue weighted by molar-refractivity contribution is 0.0690. The Hall–Kier alpha value is -1.97. The Morgan fingerprint density at radius 1 is 1.50 bits per heavy atom. The van der Waals surface area contributed by atoms with E-state index in [-0.39, 0.29) is 5.69 Å². The number of hydrogen-bond acceptors (Lipinski definition) is 3. The zero-order valence-electron chi connectivity index (χ0n) is 7.56. The predicted molar refractivity (Wildman–Crippen MR) is 51.2 cm³/mol. The van der Waals surface area contributed by atoms with E-state index in [0.29, 0.717) is 11.1 Å². The quantitative estimate of drug-likeness (QED) is 0.738. The predicted octanol–water partition coefficient (Wildman–Crippen LogP) is 1.64. The summed E-state index contributed by atoms with van der Waals surface area (Å²) in [5, 5.41) is 9.70. The highest BCUT2D eigenvalue weighted by atomic mass is 16.4. The highest BCUT2D eigenvalue weighted by Gasteiger charge is 2.09. The van der Waals surface area contributed by atoms with Gasteiger partial charge in [-0.2, -0.15) is 0 Å². The van der Waals surface area contributed by atoms with Crippen LogP contribution in [0.4, 0.5) is 0 Å². The number of carbonyl (C=O) groups is 1. The summed E-state index contributed by atoms with van der Waals surface area (Å²) >= 11 is 0. The summed E-state index contributed by atoms with van der Waals surface area (Å²) in [5.74, 6) is -0.999. The number of hydrogen-bond donors (Lipinski definition) is 1. The summed E-state index contributed by atoms with van der Waals surface area (Å²) in [5.41, 5.74) is 1.41. The molecule has 2 aromatic heterocycles. The number of rotatable bonds is 1. The third kappa shape index (κ3) is 1.31. The van der Waals surface area contributed by atoms with Gasteiger partial charge in [0.25, 0.3) is 0 Å². The molecule has 0 aromatic carbocycles. The van der Waals surface area contributed by atoms with Crippen molar-refractivity contribution in [3.8, 4) is 0 Å². The zero-order chi connectivity index (χ0) is 10.1. The van der Waals surface area contributed by atoms with E-state index in [1.807, 2.05) is 0 Å². The van der Waals surface area contributed by atoms with Crippen molar-refractivity contribution in [2.75, 3.05) is 0 Å². The molecule has 0 amide bonds. The van der Waals surface area contributed by atoms with Crippen molar-refractivity contribution < 1.29 is 9.90 Å². The van der Waals surface area contributed by atoms with Gasteiger partial charge in [0.15, 0.2) is 5.69 Å². The number of pyridine rings is 2. The van der Waals surface area contributed by atoms with Crippen molar-refractivity contribution >= 4 is 16.9 Å². The van der Waals surface area contributed by atoms with Gasteiger partial charge >= 0.3 is 5.97 Å². The van der Waals surface area contributed by atoms with Crippen molar-refractivity contribution in [2.45, 2.75) is 6.92 Å². The summed E-state index contributed by atoms with van der Waals surface area (Å²) in [4.78, 5) is 18.8. The lowest BCUT2D eigenvalue weighted by Gasteiger charge is -2.01. The SMILES string of the molecule is Cc1cc2cnccc2nc1C(=O)O. The van der Waals surface area contributed by atoms with Gasteiger partial charge in [-0.15, -0.1) is 0 Å². The van der Waals surface area contributed by atoms with Crippen LogP contribution in [0.2, 0.25) is 0 Å². The van der Waals surface area contributed by atoms with Crippen LogP contribution in [-0.4, -0.2) is 21.0 Å². The Bertz CT molecular complexity index is 508. The monoisotopic (exact) mass is 188 g/mol. The Balaban J connectivity index is 2.77. The Morgan fingerprint density at radius 3 is 3.00 bits per heavy atom. The lowest BCUT2D eigenvalue weighted by Crippen LogP contribution is -2.03. The number of aromatic nitrogens is 2. The molecule has 0 saturated heterocycles. The molecule has 0 saturated carbocycles. The fraction of sp³-hybridized carbons (Fsp3) is 0.100. The second-order valence-electron chi connectivity index (χ2n) is 3.03. The van der Waals surface area contributed by atoms with Gasteiger partial charge in [0, 0.05) is 17.8 Å². The van der Waals surface area contributed by atoms with Gasteiger partial charge < -0.3 is 5.11 Å². The summed E-state index contributed by atoms with van der Waals surface area (Å²) in [6, 6.07) is 3.47.